The lowest BCUT2D eigenvalue weighted by Gasteiger charge is -2.34. The standard InChI is InChI=1S/C50H69Cl2N6O8P/c1-5-6-7-8-9-10-11-12-13-14-15-16-17-18-19-20-23-40(60-32-38-28-37(31-53)29-39(51)30-38)33-61-67(59,66-44-25-22-21-24-41(44)52)62-35-50(34-55-4)47-46(63-49(2,3)65-47)45(64-50)42-26-27-43-48(54)56-36-57-58(42)43/h21-22,24-30,36,40,45-47H,4-20,23,32-35H2,1-3H3,(H2,54,56,57)/t40-,45+,46+,47+,50-,67?/m1/s1. The van der Waals surface area contributed by atoms with E-state index in [1.165, 1.54) is 89.8 Å². The SMILES string of the molecule is C=NC[C@]1(COP(=O)(OC[C@@H](CCCCCCCCCCCCCCCCCC)OCc2cc(Cl)cc(C#N)c2)Oc2ccccc2Cl)O[C@@H](c2ccc3c(N)ncnn23)[C@@H]2OC(C)(C)O[C@@H]21. The molecule has 67 heavy (non-hydrogen) atoms. The van der Waals surface area contributed by atoms with Crippen molar-refractivity contribution in [1.82, 2.24) is 14.6 Å². The summed E-state index contributed by atoms with van der Waals surface area (Å²) in [5, 5.41) is 14.7. The van der Waals surface area contributed by atoms with Crippen molar-refractivity contribution >= 4 is 49.1 Å². The molecule has 0 aliphatic carbocycles. The average molecular weight is 984 g/mol. The number of fused-ring (bicyclic) bond motifs is 2. The number of nitrogens with zero attached hydrogens (tertiary/aromatic N) is 5. The molecular weight excluding hydrogens is 914 g/mol. The van der Waals surface area contributed by atoms with Gasteiger partial charge in [0.1, 0.15) is 41.5 Å². The van der Waals surface area contributed by atoms with E-state index in [-0.39, 0.29) is 37.1 Å². The van der Waals surface area contributed by atoms with Gasteiger partial charge in [-0.3, -0.25) is 14.0 Å². The molecule has 6 atom stereocenters. The predicted molar refractivity (Wildman–Crippen MR) is 263 cm³/mol. The highest BCUT2D eigenvalue weighted by atomic mass is 35.5. The summed E-state index contributed by atoms with van der Waals surface area (Å²) >= 11 is 12.9. The van der Waals surface area contributed by atoms with Gasteiger partial charge >= 0.3 is 7.82 Å². The van der Waals surface area contributed by atoms with Gasteiger partial charge in [-0.1, -0.05) is 145 Å². The largest absolute Gasteiger partial charge is 0.530 e. The summed E-state index contributed by atoms with van der Waals surface area (Å²) in [7, 11) is -4.54. The normalized spacial score (nSPS) is 21.2. The van der Waals surface area contributed by atoms with Gasteiger partial charge in [0.2, 0.25) is 0 Å². The van der Waals surface area contributed by atoms with E-state index in [1.807, 2.05) is 19.9 Å². The van der Waals surface area contributed by atoms with Gasteiger partial charge in [0.05, 0.1) is 54.8 Å². The molecule has 4 heterocycles. The second kappa shape index (κ2) is 25.8. The van der Waals surface area contributed by atoms with Crippen LogP contribution in [0.2, 0.25) is 10.0 Å². The Bertz CT molecular complexity index is 2280. The predicted octanol–water partition coefficient (Wildman–Crippen LogP) is 13.0. The Morgan fingerprint density at radius 3 is 2.24 bits per heavy atom. The molecule has 2 N–H and O–H groups in total. The highest BCUT2D eigenvalue weighted by molar-refractivity contribution is 7.49. The number of rotatable bonds is 31. The molecule has 2 aromatic carbocycles. The van der Waals surface area contributed by atoms with Gasteiger partial charge in [-0.2, -0.15) is 10.4 Å². The quantitative estimate of drug-likeness (QED) is 0.0287. The van der Waals surface area contributed by atoms with Gasteiger partial charge in [-0.15, -0.1) is 0 Å². The number of hydrogen-bond acceptors (Lipinski definition) is 13. The first-order valence-electron chi connectivity index (χ1n) is 24.1. The number of anilines is 1. The minimum atomic E-state index is -4.54. The van der Waals surface area contributed by atoms with Gasteiger partial charge in [-0.05, 0) is 75.0 Å². The van der Waals surface area contributed by atoms with Crippen molar-refractivity contribution < 1.29 is 37.1 Å². The van der Waals surface area contributed by atoms with Gasteiger partial charge in [0.25, 0.3) is 0 Å². The number of hydrogen-bond donors (Lipinski definition) is 1. The van der Waals surface area contributed by atoms with Crippen LogP contribution in [0.3, 0.4) is 0 Å². The zero-order valence-corrected chi connectivity index (χ0v) is 41.8. The molecule has 2 aromatic heterocycles. The van der Waals surface area contributed by atoms with Crippen LogP contribution in [0.15, 0.2) is 65.9 Å². The van der Waals surface area contributed by atoms with Crippen LogP contribution in [0.25, 0.3) is 5.52 Å². The second-order valence-electron chi connectivity index (χ2n) is 18.2. The lowest BCUT2D eigenvalue weighted by Crippen LogP contribution is -2.49. The molecule has 2 aliphatic heterocycles. The molecular formula is C50H69Cl2N6O8P. The Morgan fingerprint density at radius 1 is 0.910 bits per heavy atom. The first-order chi connectivity index (χ1) is 32.4. The van der Waals surface area contributed by atoms with Crippen molar-refractivity contribution in [2.45, 2.75) is 172 Å². The maximum absolute atomic E-state index is 15.1. The van der Waals surface area contributed by atoms with E-state index in [2.05, 4.69) is 34.8 Å². The number of nitrogen functional groups attached to an aromatic ring is 1. The van der Waals surface area contributed by atoms with Crippen molar-refractivity contribution in [2.24, 2.45) is 4.99 Å². The van der Waals surface area contributed by atoms with Crippen LogP contribution in [0.1, 0.15) is 153 Å². The Hall–Kier alpha value is -3.61. The summed E-state index contributed by atoms with van der Waals surface area (Å²) in [5.74, 6) is -0.621. The number of nitriles is 1. The zero-order chi connectivity index (χ0) is 47.7. The van der Waals surface area contributed by atoms with Crippen molar-refractivity contribution in [3.63, 3.8) is 0 Å². The summed E-state index contributed by atoms with van der Waals surface area (Å²) in [6.45, 7) is 9.26. The highest BCUT2D eigenvalue weighted by Crippen LogP contribution is 2.55. The van der Waals surface area contributed by atoms with Crippen molar-refractivity contribution in [1.29, 1.82) is 5.26 Å². The van der Waals surface area contributed by atoms with Gasteiger partial charge in [0, 0.05) is 5.02 Å². The molecule has 0 saturated carbocycles. The van der Waals surface area contributed by atoms with Crippen LogP contribution in [0.4, 0.5) is 5.82 Å². The second-order valence-corrected chi connectivity index (χ2v) is 20.7. The minimum Gasteiger partial charge on any atom is -0.402 e. The molecule has 1 unspecified atom stereocenters. The van der Waals surface area contributed by atoms with Crippen LogP contribution in [-0.2, 0) is 39.2 Å². The Kier molecular flexibility index (Phi) is 20.3. The van der Waals surface area contributed by atoms with E-state index in [0.717, 1.165) is 24.8 Å². The van der Waals surface area contributed by atoms with E-state index in [0.29, 0.717) is 34.0 Å². The number of nitrogens with two attached hydrogens (primary N) is 1. The third kappa shape index (κ3) is 15.2. The van der Waals surface area contributed by atoms with Crippen molar-refractivity contribution in [3.05, 3.63) is 87.8 Å². The topological polar surface area (TPSA) is 174 Å². The summed E-state index contributed by atoms with van der Waals surface area (Å²) < 4.78 is 61.6. The minimum absolute atomic E-state index is 0.0219. The summed E-state index contributed by atoms with van der Waals surface area (Å²) in [6.07, 6.45) is 19.4. The van der Waals surface area contributed by atoms with Crippen molar-refractivity contribution in [2.75, 3.05) is 25.5 Å². The molecule has 0 amide bonds. The third-order valence-corrected chi connectivity index (χ3v) is 14.2. The van der Waals surface area contributed by atoms with Gasteiger partial charge in [0.15, 0.2) is 11.6 Å². The number of halogens is 2. The molecule has 0 radical (unpaired) electrons. The molecule has 17 heteroatoms. The molecule has 6 rings (SSSR count). The Labute approximate surface area is 406 Å². The Morgan fingerprint density at radius 2 is 1.58 bits per heavy atom. The maximum atomic E-state index is 15.1. The molecule has 366 valence electrons. The lowest BCUT2D eigenvalue weighted by molar-refractivity contribution is -0.214. The van der Waals surface area contributed by atoms with Gasteiger partial charge in [-0.25, -0.2) is 14.1 Å². The fraction of sp³-hybridized carbons (Fsp3) is 0.600. The number of aliphatic imine (C=N–C) groups is 1. The summed E-state index contributed by atoms with van der Waals surface area (Å²) in [5.41, 5.74) is 7.17. The number of phosphoric ester groups is 1. The van der Waals surface area contributed by atoms with Crippen LogP contribution in [0, 0.1) is 11.3 Å². The number of unbranched alkanes of at least 4 members (excludes halogenated alkanes) is 15. The fourth-order valence-corrected chi connectivity index (χ4v) is 10.7. The fourth-order valence-electron chi connectivity index (χ4n) is 8.94. The number of benzene rings is 2. The molecule has 2 aliphatic rings. The van der Waals surface area contributed by atoms with Crippen LogP contribution >= 0.6 is 31.0 Å². The van der Waals surface area contributed by atoms with E-state index in [4.69, 9.17) is 61.5 Å². The molecule has 2 saturated heterocycles. The first-order valence-corrected chi connectivity index (χ1v) is 26.3. The van der Waals surface area contributed by atoms with Crippen LogP contribution in [0.5, 0.6) is 5.75 Å². The highest BCUT2D eigenvalue weighted by Gasteiger charge is 2.64. The zero-order valence-electron chi connectivity index (χ0n) is 39.4. The van der Waals surface area contributed by atoms with E-state index >= 15 is 4.57 Å². The first kappa shape index (κ1) is 52.8. The molecule has 0 bridgehead atoms. The van der Waals surface area contributed by atoms with Gasteiger partial charge < -0.3 is 29.2 Å². The van der Waals surface area contributed by atoms with E-state index in [1.54, 1.807) is 53.0 Å². The smallest absolute Gasteiger partial charge is 0.402 e. The molecule has 0 spiro atoms. The van der Waals surface area contributed by atoms with E-state index < -0.39 is 43.6 Å². The number of phosphoric acid groups is 1. The van der Waals surface area contributed by atoms with Crippen LogP contribution in [-0.4, -0.2) is 70.8 Å². The molecule has 14 nitrogen and oxygen atoms in total. The number of para-hydroxylation sites is 1. The monoisotopic (exact) mass is 982 g/mol. The number of aromatic nitrogens is 3. The molecule has 2 fully saturated rings. The average Bonchev–Trinajstić information content (AvgIpc) is 3.97. The number of ether oxygens (including phenoxy) is 4. The molecule has 4 aromatic rings. The van der Waals surface area contributed by atoms with Crippen LogP contribution < -0.4 is 10.3 Å². The van der Waals surface area contributed by atoms with Crippen molar-refractivity contribution in [3.8, 4) is 11.8 Å². The summed E-state index contributed by atoms with van der Waals surface area (Å²) in [6, 6.07) is 17.5. The van der Waals surface area contributed by atoms with E-state index in [9.17, 15) is 5.26 Å². The maximum Gasteiger partial charge on any atom is 0.530 e. The third-order valence-electron chi connectivity index (χ3n) is 12.4. The Balaban J connectivity index is 1.12. The summed E-state index contributed by atoms with van der Waals surface area (Å²) in [4.78, 5) is 8.37. The lowest BCUT2D eigenvalue weighted by atomic mass is 9.95.